The summed E-state index contributed by atoms with van der Waals surface area (Å²) in [6.45, 7) is 5.64. The molecule has 2 N–H and O–H groups in total. The molecule has 158 valence electrons. The third-order valence-corrected chi connectivity index (χ3v) is 5.60. The lowest BCUT2D eigenvalue weighted by molar-refractivity contribution is 0.0688. The molecule has 0 spiro atoms. The van der Waals surface area contributed by atoms with E-state index in [0.29, 0.717) is 49.6 Å². The maximum absolute atomic E-state index is 12.7. The van der Waals surface area contributed by atoms with E-state index in [1.807, 2.05) is 13.0 Å². The largest absolute Gasteiger partial charge is 0.382 e. The SMILES string of the molecule is COCCOCCCNC(=O)c1cc(S(=O)(=O)Nc2cccc(C)c2)ccc1C. The second kappa shape index (κ2) is 10.9. The van der Waals surface area contributed by atoms with Crippen LogP contribution in [-0.4, -0.2) is 47.8 Å². The third-order valence-electron chi connectivity index (χ3n) is 4.22. The molecule has 0 radical (unpaired) electrons. The maximum atomic E-state index is 12.7. The minimum absolute atomic E-state index is 0.0395. The number of carbonyl (C=O) groups excluding carboxylic acids is 1. The van der Waals surface area contributed by atoms with Crippen LogP contribution in [0.25, 0.3) is 0 Å². The van der Waals surface area contributed by atoms with Gasteiger partial charge in [-0.3, -0.25) is 9.52 Å². The van der Waals surface area contributed by atoms with E-state index >= 15 is 0 Å². The van der Waals surface area contributed by atoms with Gasteiger partial charge in [-0.25, -0.2) is 8.42 Å². The van der Waals surface area contributed by atoms with Gasteiger partial charge < -0.3 is 14.8 Å². The molecule has 0 aliphatic carbocycles. The van der Waals surface area contributed by atoms with Crippen molar-refractivity contribution < 1.29 is 22.7 Å². The third kappa shape index (κ3) is 7.16. The van der Waals surface area contributed by atoms with Crippen molar-refractivity contribution >= 4 is 21.6 Å². The Labute approximate surface area is 172 Å². The van der Waals surface area contributed by atoms with Crippen LogP contribution in [0.5, 0.6) is 0 Å². The molecule has 0 atom stereocenters. The quantitative estimate of drug-likeness (QED) is 0.545. The fourth-order valence-electron chi connectivity index (χ4n) is 2.65. The first-order valence-electron chi connectivity index (χ1n) is 9.38. The number of nitrogens with one attached hydrogen (secondary N) is 2. The van der Waals surface area contributed by atoms with Gasteiger partial charge in [-0.05, 0) is 55.7 Å². The number of methoxy groups -OCH3 is 1. The van der Waals surface area contributed by atoms with Gasteiger partial charge in [0.1, 0.15) is 0 Å². The summed E-state index contributed by atoms with van der Waals surface area (Å²) in [5.74, 6) is -0.313. The smallest absolute Gasteiger partial charge is 0.261 e. The number of hydrogen-bond acceptors (Lipinski definition) is 5. The highest BCUT2D eigenvalue weighted by Gasteiger charge is 2.18. The van der Waals surface area contributed by atoms with E-state index in [-0.39, 0.29) is 10.8 Å². The van der Waals surface area contributed by atoms with E-state index in [1.54, 1.807) is 38.3 Å². The predicted octanol–water partition coefficient (Wildman–Crippen LogP) is 2.89. The summed E-state index contributed by atoms with van der Waals surface area (Å²) < 4.78 is 38.2. The van der Waals surface area contributed by atoms with E-state index < -0.39 is 10.0 Å². The standard InChI is InChI=1S/C21H28N2O5S/c1-16-6-4-7-18(14-16)23-29(25,26)19-9-8-17(2)20(15-19)21(24)22-10-5-11-28-13-12-27-3/h4,6-9,14-15,23H,5,10-13H2,1-3H3,(H,22,24). The van der Waals surface area contributed by atoms with Crippen LogP contribution in [0, 0.1) is 13.8 Å². The first-order chi connectivity index (χ1) is 13.8. The number of aryl methyl sites for hydroxylation is 2. The van der Waals surface area contributed by atoms with Gasteiger partial charge in [0.05, 0.1) is 18.1 Å². The van der Waals surface area contributed by atoms with Gasteiger partial charge in [-0.15, -0.1) is 0 Å². The first kappa shape index (κ1) is 22.9. The summed E-state index contributed by atoms with van der Waals surface area (Å²) in [4.78, 5) is 12.5. The lowest BCUT2D eigenvalue weighted by Gasteiger charge is -2.12. The molecule has 2 aromatic rings. The molecular weight excluding hydrogens is 392 g/mol. The molecular formula is C21H28N2O5S. The second-order valence-corrected chi connectivity index (χ2v) is 8.35. The Morgan fingerprint density at radius 2 is 1.83 bits per heavy atom. The maximum Gasteiger partial charge on any atom is 0.261 e. The van der Waals surface area contributed by atoms with Crippen molar-refractivity contribution in [1.82, 2.24) is 5.32 Å². The number of anilines is 1. The van der Waals surface area contributed by atoms with Crippen molar-refractivity contribution in [2.75, 3.05) is 38.2 Å². The molecule has 29 heavy (non-hydrogen) atoms. The van der Waals surface area contributed by atoms with Crippen LogP contribution in [-0.2, 0) is 19.5 Å². The number of benzene rings is 2. The Morgan fingerprint density at radius 3 is 2.55 bits per heavy atom. The number of rotatable bonds is 11. The topological polar surface area (TPSA) is 93.7 Å². The van der Waals surface area contributed by atoms with Gasteiger partial charge >= 0.3 is 0 Å². The zero-order valence-corrected chi connectivity index (χ0v) is 17.8. The molecule has 1 amide bonds. The van der Waals surface area contributed by atoms with Crippen LogP contribution in [0.15, 0.2) is 47.4 Å². The van der Waals surface area contributed by atoms with Crippen molar-refractivity contribution in [1.29, 1.82) is 0 Å². The average Bonchev–Trinajstić information content (AvgIpc) is 2.67. The molecule has 0 fully saturated rings. The van der Waals surface area contributed by atoms with E-state index in [9.17, 15) is 13.2 Å². The predicted molar refractivity (Wildman–Crippen MR) is 113 cm³/mol. The average molecular weight is 421 g/mol. The van der Waals surface area contributed by atoms with Gasteiger partial charge in [0, 0.05) is 31.5 Å². The van der Waals surface area contributed by atoms with E-state index in [1.165, 1.54) is 12.1 Å². The second-order valence-electron chi connectivity index (χ2n) is 6.67. The zero-order chi connectivity index (χ0) is 21.3. The van der Waals surface area contributed by atoms with Gasteiger partial charge in [0.15, 0.2) is 0 Å². The lowest BCUT2D eigenvalue weighted by atomic mass is 10.1. The number of ether oxygens (including phenoxy) is 2. The minimum atomic E-state index is -3.80. The fourth-order valence-corrected chi connectivity index (χ4v) is 3.73. The summed E-state index contributed by atoms with van der Waals surface area (Å²) in [5.41, 5.74) is 2.45. The Morgan fingerprint density at radius 1 is 1.03 bits per heavy atom. The van der Waals surface area contributed by atoms with Crippen LogP contribution < -0.4 is 10.0 Å². The summed E-state index contributed by atoms with van der Waals surface area (Å²) in [5, 5.41) is 2.80. The summed E-state index contributed by atoms with van der Waals surface area (Å²) in [6, 6.07) is 11.6. The first-order valence-corrected chi connectivity index (χ1v) is 10.9. The molecule has 0 saturated heterocycles. The number of carbonyl (C=O) groups is 1. The van der Waals surface area contributed by atoms with E-state index in [4.69, 9.17) is 9.47 Å². The lowest BCUT2D eigenvalue weighted by Crippen LogP contribution is -2.26. The van der Waals surface area contributed by atoms with Crippen molar-refractivity contribution in [3.8, 4) is 0 Å². The molecule has 0 heterocycles. The van der Waals surface area contributed by atoms with Gasteiger partial charge in [0.25, 0.3) is 15.9 Å². The molecule has 0 aromatic heterocycles. The molecule has 2 rings (SSSR count). The molecule has 0 unspecified atom stereocenters. The van der Waals surface area contributed by atoms with Crippen LogP contribution in [0.2, 0.25) is 0 Å². The molecule has 7 nitrogen and oxygen atoms in total. The Balaban J connectivity index is 2.01. The minimum Gasteiger partial charge on any atom is -0.382 e. The van der Waals surface area contributed by atoms with Gasteiger partial charge in [-0.1, -0.05) is 18.2 Å². The number of sulfonamides is 1. The van der Waals surface area contributed by atoms with Crippen LogP contribution >= 0.6 is 0 Å². The summed E-state index contributed by atoms with van der Waals surface area (Å²) >= 11 is 0. The molecule has 0 saturated carbocycles. The van der Waals surface area contributed by atoms with Crippen molar-refractivity contribution in [2.45, 2.75) is 25.2 Å². The highest BCUT2D eigenvalue weighted by atomic mass is 32.2. The van der Waals surface area contributed by atoms with Gasteiger partial charge in [0.2, 0.25) is 0 Å². The number of hydrogen-bond donors (Lipinski definition) is 2. The van der Waals surface area contributed by atoms with Crippen LogP contribution in [0.3, 0.4) is 0 Å². The summed E-state index contributed by atoms with van der Waals surface area (Å²) in [6.07, 6.45) is 0.654. The highest BCUT2D eigenvalue weighted by molar-refractivity contribution is 7.92. The molecule has 0 bridgehead atoms. The van der Waals surface area contributed by atoms with Crippen LogP contribution in [0.1, 0.15) is 27.9 Å². The van der Waals surface area contributed by atoms with Crippen molar-refractivity contribution in [3.63, 3.8) is 0 Å². The summed E-state index contributed by atoms with van der Waals surface area (Å²) in [7, 11) is -2.19. The van der Waals surface area contributed by atoms with Crippen molar-refractivity contribution in [2.24, 2.45) is 0 Å². The van der Waals surface area contributed by atoms with E-state index in [0.717, 1.165) is 5.56 Å². The Kier molecular flexibility index (Phi) is 8.63. The molecule has 0 aliphatic rings. The Bertz CT molecular complexity index is 928. The van der Waals surface area contributed by atoms with Crippen molar-refractivity contribution in [3.05, 3.63) is 59.2 Å². The molecule has 2 aromatic carbocycles. The fraction of sp³-hybridized carbons (Fsp3) is 0.381. The molecule has 0 aliphatic heterocycles. The van der Waals surface area contributed by atoms with Crippen LogP contribution in [0.4, 0.5) is 5.69 Å². The number of amides is 1. The monoisotopic (exact) mass is 420 g/mol. The van der Waals surface area contributed by atoms with E-state index in [2.05, 4.69) is 10.0 Å². The molecule has 8 heteroatoms. The highest BCUT2D eigenvalue weighted by Crippen LogP contribution is 2.20. The zero-order valence-electron chi connectivity index (χ0n) is 17.0. The van der Waals surface area contributed by atoms with Gasteiger partial charge in [-0.2, -0.15) is 0 Å². The normalized spacial score (nSPS) is 11.3. The Hall–Kier alpha value is -2.42.